The van der Waals surface area contributed by atoms with E-state index in [-0.39, 0.29) is 5.91 Å². The van der Waals surface area contributed by atoms with Crippen LogP contribution in [0.1, 0.15) is 37.2 Å². The van der Waals surface area contributed by atoms with Crippen molar-refractivity contribution in [3.05, 3.63) is 48.2 Å². The monoisotopic (exact) mass is 312 g/mol. The molecule has 2 aromatic rings. The third-order valence-corrected chi connectivity index (χ3v) is 3.72. The molecule has 0 radical (unpaired) electrons. The van der Waals surface area contributed by atoms with E-state index in [9.17, 15) is 4.79 Å². The molecule has 0 bridgehead atoms. The summed E-state index contributed by atoms with van der Waals surface area (Å²) in [6.07, 6.45) is 2.05. The van der Waals surface area contributed by atoms with Crippen LogP contribution in [0.4, 0.5) is 11.5 Å². The summed E-state index contributed by atoms with van der Waals surface area (Å²) in [5, 5.41) is 8.36. The SMILES string of the molecule is CCCCN(C)C(=O)c1ccc(N(CC)c2ccccc2)nn1. The maximum Gasteiger partial charge on any atom is 0.274 e. The van der Waals surface area contributed by atoms with Gasteiger partial charge in [0, 0.05) is 25.8 Å². The van der Waals surface area contributed by atoms with E-state index in [2.05, 4.69) is 28.9 Å². The van der Waals surface area contributed by atoms with Gasteiger partial charge in [0.1, 0.15) is 0 Å². The van der Waals surface area contributed by atoms with E-state index in [0.29, 0.717) is 5.69 Å². The molecule has 0 aliphatic heterocycles. The Bertz CT molecular complexity index is 613. The van der Waals surface area contributed by atoms with Gasteiger partial charge in [-0.2, -0.15) is 0 Å². The standard InChI is InChI=1S/C18H24N4O/c1-4-6-14-21(3)18(23)16-12-13-17(20-19-16)22(5-2)15-10-8-7-9-11-15/h7-13H,4-6,14H2,1-3H3. The van der Waals surface area contributed by atoms with Crippen molar-refractivity contribution in [2.24, 2.45) is 0 Å². The lowest BCUT2D eigenvalue weighted by atomic mass is 10.2. The average Bonchev–Trinajstić information content (AvgIpc) is 2.61. The van der Waals surface area contributed by atoms with Crippen molar-refractivity contribution in [1.29, 1.82) is 0 Å². The molecule has 1 amide bonds. The molecule has 0 atom stereocenters. The number of nitrogens with zero attached hydrogens (tertiary/aromatic N) is 4. The number of hydrogen-bond donors (Lipinski definition) is 0. The van der Waals surface area contributed by atoms with Gasteiger partial charge in [0.05, 0.1) is 0 Å². The van der Waals surface area contributed by atoms with Crippen LogP contribution in [0.15, 0.2) is 42.5 Å². The molecule has 0 spiro atoms. The van der Waals surface area contributed by atoms with Crippen molar-refractivity contribution in [3.63, 3.8) is 0 Å². The number of para-hydroxylation sites is 1. The van der Waals surface area contributed by atoms with Crippen molar-refractivity contribution in [3.8, 4) is 0 Å². The van der Waals surface area contributed by atoms with Crippen LogP contribution in [0.25, 0.3) is 0 Å². The maximum atomic E-state index is 12.3. The lowest BCUT2D eigenvalue weighted by Crippen LogP contribution is -2.29. The second-order valence-electron chi connectivity index (χ2n) is 5.44. The number of aromatic nitrogens is 2. The zero-order valence-corrected chi connectivity index (χ0v) is 14.1. The first-order valence-corrected chi connectivity index (χ1v) is 8.09. The topological polar surface area (TPSA) is 49.3 Å². The Labute approximate surface area is 137 Å². The molecule has 0 saturated carbocycles. The molecular formula is C18H24N4O. The van der Waals surface area contributed by atoms with E-state index in [4.69, 9.17) is 0 Å². The summed E-state index contributed by atoms with van der Waals surface area (Å²) in [4.78, 5) is 16.0. The fourth-order valence-corrected chi connectivity index (χ4v) is 2.36. The van der Waals surface area contributed by atoms with Gasteiger partial charge in [-0.1, -0.05) is 31.5 Å². The summed E-state index contributed by atoms with van der Waals surface area (Å²) < 4.78 is 0. The quantitative estimate of drug-likeness (QED) is 0.785. The smallest absolute Gasteiger partial charge is 0.274 e. The number of carbonyl (C=O) groups is 1. The van der Waals surface area contributed by atoms with E-state index >= 15 is 0 Å². The van der Waals surface area contributed by atoms with Crippen LogP contribution in [0.3, 0.4) is 0 Å². The molecular weight excluding hydrogens is 288 g/mol. The number of carbonyl (C=O) groups excluding carboxylic acids is 1. The van der Waals surface area contributed by atoms with Crippen molar-refractivity contribution in [1.82, 2.24) is 15.1 Å². The second kappa shape index (κ2) is 8.27. The van der Waals surface area contributed by atoms with E-state index in [1.807, 2.05) is 36.4 Å². The van der Waals surface area contributed by atoms with Crippen molar-refractivity contribution >= 4 is 17.4 Å². The highest BCUT2D eigenvalue weighted by Gasteiger charge is 2.15. The molecule has 1 aromatic carbocycles. The first-order valence-electron chi connectivity index (χ1n) is 8.09. The molecule has 0 aliphatic rings. The summed E-state index contributed by atoms with van der Waals surface area (Å²) in [5.74, 6) is 0.659. The predicted octanol–water partition coefficient (Wildman–Crippen LogP) is 3.51. The molecule has 0 N–H and O–H groups in total. The summed E-state index contributed by atoms with van der Waals surface area (Å²) in [6.45, 7) is 5.69. The van der Waals surface area contributed by atoms with Gasteiger partial charge in [-0.15, -0.1) is 10.2 Å². The Kier molecular flexibility index (Phi) is 6.09. The molecule has 23 heavy (non-hydrogen) atoms. The zero-order valence-electron chi connectivity index (χ0n) is 14.1. The molecule has 1 heterocycles. The minimum Gasteiger partial charge on any atom is -0.340 e. The van der Waals surface area contributed by atoms with E-state index in [1.165, 1.54) is 0 Å². The minimum absolute atomic E-state index is 0.0831. The first-order chi connectivity index (χ1) is 11.2. The molecule has 0 saturated heterocycles. The fourth-order valence-electron chi connectivity index (χ4n) is 2.36. The lowest BCUT2D eigenvalue weighted by Gasteiger charge is -2.22. The third kappa shape index (κ3) is 4.28. The zero-order chi connectivity index (χ0) is 16.7. The van der Waals surface area contributed by atoms with Crippen molar-refractivity contribution < 1.29 is 4.79 Å². The third-order valence-electron chi connectivity index (χ3n) is 3.72. The van der Waals surface area contributed by atoms with Crippen molar-refractivity contribution in [2.45, 2.75) is 26.7 Å². The normalized spacial score (nSPS) is 10.4. The van der Waals surface area contributed by atoms with Gasteiger partial charge < -0.3 is 9.80 Å². The Morgan fingerprint density at radius 3 is 2.35 bits per heavy atom. The molecule has 5 nitrogen and oxygen atoms in total. The van der Waals surface area contributed by atoms with Gasteiger partial charge in [-0.25, -0.2) is 0 Å². The maximum absolute atomic E-state index is 12.3. The van der Waals surface area contributed by atoms with Crippen LogP contribution >= 0.6 is 0 Å². The molecule has 5 heteroatoms. The summed E-state index contributed by atoms with van der Waals surface area (Å²) in [7, 11) is 1.80. The molecule has 1 aromatic heterocycles. The highest BCUT2D eigenvalue weighted by Crippen LogP contribution is 2.22. The summed E-state index contributed by atoms with van der Waals surface area (Å²) in [6, 6.07) is 13.6. The van der Waals surface area contributed by atoms with Gasteiger partial charge in [-0.3, -0.25) is 4.79 Å². The highest BCUT2D eigenvalue weighted by atomic mass is 16.2. The van der Waals surface area contributed by atoms with Crippen LogP contribution < -0.4 is 4.90 Å². The van der Waals surface area contributed by atoms with E-state index < -0.39 is 0 Å². The van der Waals surface area contributed by atoms with Crippen LogP contribution in [0.2, 0.25) is 0 Å². The molecule has 2 rings (SSSR count). The summed E-state index contributed by atoms with van der Waals surface area (Å²) >= 11 is 0. The van der Waals surface area contributed by atoms with Gasteiger partial charge in [0.15, 0.2) is 11.5 Å². The lowest BCUT2D eigenvalue weighted by molar-refractivity contribution is 0.0786. The Balaban J connectivity index is 2.13. The van der Waals surface area contributed by atoms with Crippen LogP contribution in [-0.2, 0) is 0 Å². The van der Waals surface area contributed by atoms with Crippen LogP contribution in [0.5, 0.6) is 0 Å². The fraction of sp³-hybridized carbons (Fsp3) is 0.389. The number of rotatable bonds is 7. The first kappa shape index (κ1) is 16.9. The Morgan fingerprint density at radius 1 is 1.04 bits per heavy atom. The van der Waals surface area contributed by atoms with Crippen LogP contribution in [-0.4, -0.2) is 41.1 Å². The number of hydrogen-bond acceptors (Lipinski definition) is 4. The van der Waals surface area contributed by atoms with E-state index in [0.717, 1.165) is 37.4 Å². The number of benzene rings is 1. The van der Waals surface area contributed by atoms with E-state index in [1.54, 1.807) is 18.0 Å². The van der Waals surface area contributed by atoms with Gasteiger partial charge in [0.2, 0.25) is 0 Å². The molecule has 0 fully saturated rings. The van der Waals surface area contributed by atoms with Gasteiger partial charge in [-0.05, 0) is 37.6 Å². The summed E-state index contributed by atoms with van der Waals surface area (Å²) in [5.41, 5.74) is 1.44. The Morgan fingerprint density at radius 2 is 1.78 bits per heavy atom. The van der Waals surface area contributed by atoms with Crippen molar-refractivity contribution in [2.75, 3.05) is 25.0 Å². The van der Waals surface area contributed by atoms with Gasteiger partial charge >= 0.3 is 0 Å². The number of unbranched alkanes of at least 4 members (excludes halogenated alkanes) is 1. The molecule has 122 valence electrons. The van der Waals surface area contributed by atoms with Gasteiger partial charge in [0.25, 0.3) is 5.91 Å². The number of anilines is 2. The predicted molar refractivity (Wildman–Crippen MR) is 93.0 cm³/mol. The Hall–Kier alpha value is -2.43. The largest absolute Gasteiger partial charge is 0.340 e. The molecule has 0 aliphatic carbocycles. The highest BCUT2D eigenvalue weighted by molar-refractivity contribution is 5.92. The van der Waals surface area contributed by atoms with Crippen LogP contribution in [0, 0.1) is 0 Å². The molecule has 0 unspecified atom stereocenters. The minimum atomic E-state index is -0.0831. The average molecular weight is 312 g/mol. The second-order valence-corrected chi connectivity index (χ2v) is 5.44. The number of amides is 1.